The van der Waals surface area contributed by atoms with Crippen molar-refractivity contribution in [2.24, 2.45) is 0 Å². The van der Waals surface area contributed by atoms with Crippen molar-refractivity contribution in [1.29, 1.82) is 0 Å². The SMILES string of the molecule is Cc1cc(F)ccc1NC(=O)/C=C/c1ccco1. The molecule has 3 nitrogen and oxygen atoms in total. The van der Waals surface area contributed by atoms with E-state index in [2.05, 4.69) is 5.32 Å². The lowest BCUT2D eigenvalue weighted by Crippen LogP contribution is -2.08. The largest absolute Gasteiger partial charge is 0.465 e. The summed E-state index contributed by atoms with van der Waals surface area (Å²) in [5.41, 5.74) is 1.26. The fourth-order valence-corrected chi connectivity index (χ4v) is 1.49. The van der Waals surface area contributed by atoms with E-state index >= 15 is 0 Å². The average Bonchev–Trinajstić information content (AvgIpc) is 2.83. The van der Waals surface area contributed by atoms with Crippen LogP contribution in [0.3, 0.4) is 0 Å². The van der Waals surface area contributed by atoms with E-state index < -0.39 is 0 Å². The van der Waals surface area contributed by atoms with Gasteiger partial charge in [-0.05, 0) is 48.9 Å². The van der Waals surface area contributed by atoms with Crippen molar-refractivity contribution in [2.75, 3.05) is 5.32 Å². The highest BCUT2D eigenvalue weighted by atomic mass is 19.1. The van der Waals surface area contributed by atoms with E-state index in [1.807, 2.05) is 0 Å². The zero-order valence-corrected chi connectivity index (χ0v) is 9.81. The monoisotopic (exact) mass is 245 g/mol. The Bertz CT molecular complexity index is 573. The molecular weight excluding hydrogens is 233 g/mol. The molecule has 0 aliphatic rings. The van der Waals surface area contributed by atoms with Crippen molar-refractivity contribution < 1.29 is 13.6 Å². The molecule has 0 fully saturated rings. The second-order valence-corrected chi connectivity index (χ2v) is 3.80. The lowest BCUT2D eigenvalue weighted by molar-refractivity contribution is -0.111. The van der Waals surface area contributed by atoms with E-state index in [4.69, 9.17) is 4.42 Å². The molecule has 1 amide bonds. The van der Waals surface area contributed by atoms with Crippen molar-refractivity contribution in [2.45, 2.75) is 6.92 Å². The second kappa shape index (κ2) is 5.31. The summed E-state index contributed by atoms with van der Waals surface area (Å²) < 4.78 is 17.9. The van der Waals surface area contributed by atoms with Crippen LogP contribution >= 0.6 is 0 Å². The van der Waals surface area contributed by atoms with Crippen LogP contribution in [-0.2, 0) is 4.79 Å². The molecule has 2 aromatic rings. The highest BCUT2D eigenvalue weighted by Crippen LogP contribution is 2.15. The van der Waals surface area contributed by atoms with Crippen molar-refractivity contribution >= 4 is 17.7 Å². The van der Waals surface area contributed by atoms with Crippen LogP contribution in [0.25, 0.3) is 6.08 Å². The van der Waals surface area contributed by atoms with Gasteiger partial charge in [0.15, 0.2) is 0 Å². The summed E-state index contributed by atoms with van der Waals surface area (Å²) in [7, 11) is 0. The number of furan rings is 1. The number of hydrogen-bond donors (Lipinski definition) is 1. The highest BCUT2D eigenvalue weighted by molar-refractivity contribution is 6.02. The zero-order valence-electron chi connectivity index (χ0n) is 9.81. The van der Waals surface area contributed by atoms with E-state index in [0.717, 1.165) is 0 Å². The van der Waals surface area contributed by atoms with Crippen molar-refractivity contribution in [1.82, 2.24) is 0 Å². The Labute approximate surface area is 104 Å². The Morgan fingerprint density at radius 2 is 2.22 bits per heavy atom. The number of halogens is 1. The van der Waals surface area contributed by atoms with E-state index in [0.29, 0.717) is 17.0 Å². The lowest BCUT2D eigenvalue weighted by atomic mass is 10.2. The van der Waals surface area contributed by atoms with Gasteiger partial charge in [-0.1, -0.05) is 0 Å². The summed E-state index contributed by atoms with van der Waals surface area (Å²) in [6, 6.07) is 7.68. The van der Waals surface area contributed by atoms with Crippen LogP contribution in [0.5, 0.6) is 0 Å². The molecule has 0 aliphatic carbocycles. The third-order valence-corrected chi connectivity index (χ3v) is 2.39. The molecule has 18 heavy (non-hydrogen) atoms. The van der Waals surface area contributed by atoms with Gasteiger partial charge in [0.25, 0.3) is 0 Å². The summed E-state index contributed by atoms with van der Waals surface area (Å²) in [5, 5.41) is 2.67. The molecule has 1 aromatic carbocycles. The van der Waals surface area contributed by atoms with Gasteiger partial charge in [-0.3, -0.25) is 4.79 Å². The van der Waals surface area contributed by atoms with E-state index in [1.54, 1.807) is 25.1 Å². The summed E-state index contributed by atoms with van der Waals surface area (Å²) in [5.74, 6) is -0.0151. The molecule has 92 valence electrons. The van der Waals surface area contributed by atoms with Gasteiger partial charge >= 0.3 is 0 Å². The smallest absolute Gasteiger partial charge is 0.248 e. The molecular formula is C14H12FNO2. The van der Waals surface area contributed by atoms with Crippen LogP contribution in [0, 0.1) is 12.7 Å². The van der Waals surface area contributed by atoms with Gasteiger partial charge in [-0.25, -0.2) is 4.39 Å². The first-order valence-electron chi connectivity index (χ1n) is 5.44. The Kier molecular flexibility index (Phi) is 3.57. The number of aryl methyl sites for hydroxylation is 1. The molecule has 1 N–H and O–H groups in total. The molecule has 4 heteroatoms. The maximum absolute atomic E-state index is 12.9. The number of hydrogen-bond acceptors (Lipinski definition) is 2. The topological polar surface area (TPSA) is 42.2 Å². The third-order valence-electron chi connectivity index (χ3n) is 2.39. The van der Waals surface area contributed by atoms with Crippen LogP contribution in [0.4, 0.5) is 10.1 Å². The van der Waals surface area contributed by atoms with Crippen LogP contribution in [0.15, 0.2) is 47.1 Å². The Morgan fingerprint density at radius 1 is 1.39 bits per heavy atom. The zero-order chi connectivity index (χ0) is 13.0. The second-order valence-electron chi connectivity index (χ2n) is 3.80. The summed E-state index contributed by atoms with van der Waals surface area (Å²) in [6.07, 6.45) is 4.46. The third kappa shape index (κ3) is 3.07. The minimum atomic E-state index is -0.323. The first kappa shape index (κ1) is 12.1. The quantitative estimate of drug-likeness (QED) is 0.842. The van der Waals surface area contributed by atoms with Gasteiger partial charge in [-0.2, -0.15) is 0 Å². The van der Waals surface area contributed by atoms with Crippen LogP contribution in [0.1, 0.15) is 11.3 Å². The average molecular weight is 245 g/mol. The van der Waals surface area contributed by atoms with Gasteiger partial charge in [0.2, 0.25) is 5.91 Å². The van der Waals surface area contributed by atoms with Gasteiger partial charge < -0.3 is 9.73 Å². The van der Waals surface area contributed by atoms with E-state index in [1.165, 1.54) is 30.5 Å². The normalized spacial score (nSPS) is 10.8. The van der Waals surface area contributed by atoms with Gasteiger partial charge in [0.05, 0.1) is 6.26 Å². The Morgan fingerprint density at radius 3 is 2.89 bits per heavy atom. The number of amides is 1. The van der Waals surface area contributed by atoms with Crippen molar-refractivity contribution in [3.63, 3.8) is 0 Å². The molecule has 0 radical (unpaired) electrons. The number of carbonyl (C=O) groups excluding carboxylic acids is 1. The molecule has 0 spiro atoms. The number of carbonyl (C=O) groups is 1. The fourth-order valence-electron chi connectivity index (χ4n) is 1.49. The summed E-state index contributed by atoms with van der Waals surface area (Å²) in [6.45, 7) is 1.73. The highest BCUT2D eigenvalue weighted by Gasteiger charge is 2.02. The summed E-state index contributed by atoms with van der Waals surface area (Å²) >= 11 is 0. The predicted octanol–water partition coefficient (Wildman–Crippen LogP) is 3.38. The van der Waals surface area contributed by atoms with Crippen LogP contribution < -0.4 is 5.32 Å². The fraction of sp³-hybridized carbons (Fsp3) is 0.0714. The van der Waals surface area contributed by atoms with Gasteiger partial charge in [-0.15, -0.1) is 0 Å². The van der Waals surface area contributed by atoms with E-state index in [9.17, 15) is 9.18 Å². The maximum atomic E-state index is 12.9. The van der Waals surface area contributed by atoms with Crippen LogP contribution in [0.2, 0.25) is 0 Å². The lowest BCUT2D eigenvalue weighted by Gasteiger charge is -2.05. The molecule has 2 rings (SSSR count). The molecule has 1 aromatic heterocycles. The molecule has 0 unspecified atom stereocenters. The Balaban J connectivity index is 2.03. The predicted molar refractivity (Wildman–Crippen MR) is 67.5 cm³/mol. The Hall–Kier alpha value is -2.36. The number of anilines is 1. The molecule has 0 saturated carbocycles. The maximum Gasteiger partial charge on any atom is 0.248 e. The first-order chi connectivity index (χ1) is 8.65. The van der Waals surface area contributed by atoms with Gasteiger partial charge in [0.1, 0.15) is 11.6 Å². The molecule has 0 aliphatic heterocycles. The summed E-state index contributed by atoms with van der Waals surface area (Å²) in [4.78, 5) is 11.6. The van der Waals surface area contributed by atoms with Crippen molar-refractivity contribution in [3.8, 4) is 0 Å². The van der Waals surface area contributed by atoms with Crippen molar-refractivity contribution in [3.05, 3.63) is 59.8 Å². The minimum Gasteiger partial charge on any atom is -0.465 e. The molecule has 0 atom stereocenters. The minimum absolute atomic E-state index is 0.291. The molecule has 0 saturated heterocycles. The number of benzene rings is 1. The van der Waals surface area contributed by atoms with E-state index in [-0.39, 0.29) is 11.7 Å². The number of nitrogens with one attached hydrogen (secondary N) is 1. The van der Waals surface area contributed by atoms with Gasteiger partial charge in [0, 0.05) is 11.8 Å². The first-order valence-corrected chi connectivity index (χ1v) is 5.44. The number of rotatable bonds is 3. The molecule has 0 bridgehead atoms. The van der Waals surface area contributed by atoms with Crippen LogP contribution in [-0.4, -0.2) is 5.91 Å². The standard InChI is InChI=1S/C14H12FNO2/c1-10-9-11(15)4-6-13(10)16-14(17)7-5-12-3-2-8-18-12/h2-9H,1H3,(H,16,17)/b7-5+. The molecule has 1 heterocycles.